The lowest BCUT2D eigenvalue weighted by Gasteiger charge is -2.12. The van der Waals surface area contributed by atoms with Crippen LogP contribution in [-0.2, 0) is 4.79 Å². The van der Waals surface area contributed by atoms with Crippen molar-refractivity contribution >= 4 is 39.3 Å². The molecule has 1 aliphatic rings. The molecule has 2 aromatic heterocycles. The third kappa shape index (κ3) is 4.53. The number of carbonyl (C=O) groups is 1. The Kier molecular flexibility index (Phi) is 6.43. The fraction of sp³-hybridized carbons (Fsp3) is 0.304. The van der Waals surface area contributed by atoms with Crippen LogP contribution >= 0.6 is 11.3 Å². The zero-order valence-electron chi connectivity index (χ0n) is 19.0. The van der Waals surface area contributed by atoms with E-state index in [9.17, 15) is 20.2 Å². The van der Waals surface area contributed by atoms with Crippen molar-refractivity contribution in [2.24, 2.45) is 0 Å². The van der Waals surface area contributed by atoms with Gasteiger partial charge in [0.2, 0.25) is 10.3 Å². The molecule has 0 atom stereocenters. The van der Waals surface area contributed by atoms with E-state index in [4.69, 9.17) is 0 Å². The van der Waals surface area contributed by atoms with E-state index in [0.29, 0.717) is 16.4 Å². The number of hydrogen-bond donors (Lipinski definition) is 1. The summed E-state index contributed by atoms with van der Waals surface area (Å²) in [5.74, 6) is -0.567. The van der Waals surface area contributed by atoms with Crippen LogP contribution in [-0.4, -0.2) is 38.7 Å². The van der Waals surface area contributed by atoms with E-state index in [1.807, 2.05) is 37.5 Å². The summed E-state index contributed by atoms with van der Waals surface area (Å²) >= 11 is 1.28. The van der Waals surface area contributed by atoms with Crippen molar-refractivity contribution in [1.82, 2.24) is 14.8 Å². The first kappa shape index (κ1) is 23.1. The highest BCUT2D eigenvalue weighted by atomic mass is 32.1. The third-order valence-electron chi connectivity index (χ3n) is 5.79. The lowest BCUT2D eigenvalue weighted by molar-refractivity contribution is -0.384. The number of non-ortho nitro benzene ring substituents is 1. The Morgan fingerprint density at radius 1 is 1.24 bits per heavy atom. The second-order valence-electron chi connectivity index (χ2n) is 8.10. The minimum absolute atomic E-state index is 0.00681. The highest BCUT2D eigenvalue weighted by Gasteiger charge is 2.20. The molecule has 174 valence electrons. The molecule has 0 unspecified atom stereocenters. The van der Waals surface area contributed by atoms with Crippen molar-refractivity contribution in [3.05, 3.63) is 62.5 Å². The average molecular weight is 478 g/mol. The van der Waals surface area contributed by atoms with Crippen molar-refractivity contribution < 1.29 is 9.72 Å². The molecule has 4 rings (SSSR count). The predicted molar refractivity (Wildman–Crippen MR) is 130 cm³/mol. The lowest BCUT2D eigenvalue weighted by Crippen LogP contribution is -2.17. The van der Waals surface area contributed by atoms with Crippen LogP contribution in [0.4, 0.5) is 16.0 Å². The van der Waals surface area contributed by atoms with Crippen LogP contribution in [0, 0.1) is 42.2 Å². The molecule has 0 spiro atoms. The second-order valence-corrected chi connectivity index (χ2v) is 9.05. The minimum atomic E-state index is -0.567. The van der Waals surface area contributed by atoms with E-state index in [0.717, 1.165) is 48.0 Å². The van der Waals surface area contributed by atoms with Crippen molar-refractivity contribution in [1.29, 1.82) is 5.26 Å². The highest BCUT2D eigenvalue weighted by molar-refractivity contribution is 7.19. The van der Waals surface area contributed by atoms with E-state index < -0.39 is 10.8 Å². The number of amides is 1. The van der Waals surface area contributed by atoms with Gasteiger partial charge < -0.3 is 9.47 Å². The Morgan fingerprint density at radius 2 is 1.97 bits per heavy atom. The van der Waals surface area contributed by atoms with Crippen molar-refractivity contribution in [3.8, 4) is 11.8 Å². The zero-order chi connectivity index (χ0) is 24.4. The molecule has 1 aliphatic heterocycles. The lowest BCUT2D eigenvalue weighted by atomic mass is 10.1. The van der Waals surface area contributed by atoms with Gasteiger partial charge in [-0.15, -0.1) is 10.2 Å². The summed E-state index contributed by atoms with van der Waals surface area (Å²) in [6.45, 7) is 7.43. The molecule has 0 aliphatic carbocycles. The first-order valence-electron chi connectivity index (χ1n) is 10.7. The molecule has 3 aromatic rings. The predicted octanol–water partition coefficient (Wildman–Crippen LogP) is 4.31. The molecular weight excluding hydrogens is 454 g/mol. The maximum atomic E-state index is 12.8. The van der Waals surface area contributed by atoms with Gasteiger partial charge in [0.05, 0.1) is 10.6 Å². The van der Waals surface area contributed by atoms with E-state index in [-0.39, 0.29) is 11.3 Å². The molecule has 1 amide bonds. The molecular formula is C23H23N7O3S. The smallest absolute Gasteiger partial charge is 0.271 e. The number of carbonyl (C=O) groups excluding carboxylic acids is 1. The van der Waals surface area contributed by atoms with Gasteiger partial charge in [0.25, 0.3) is 11.6 Å². The van der Waals surface area contributed by atoms with Gasteiger partial charge in [-0.25, -0.2) is 0 Å². The molecule has 0 saturated carbocycles. The maximum Gasteiger partial charge on any atom is 0.271 e. The molecule has 11 heteroatoms. The van der Waals surface area contributed by atoms with Gasteiger partial charge in [-0.1, -0.05) is 17.4 Å². The third-order valence-corrected chi connectivity index (χ3v) is 6.69. The normalized spacial score (nSPS) is 13.7. The Morgan fingerprint density at radius 3 is 2.65 bits per heavy atom. The monoisotopic (exact) mass is 477 g/mol. The zero-order valence-corrected chi connectivity index (χ0v) is 19.8. The van der Waals surface area contributed by atoms with Crippen LogP contribution in [0.5, 0.6) is 0 Å². The second kappa shape index (κ2) is 9.44. The van der Waals surface area contributed by atoms with Crippen molar-refractivity contribution in [2.45, 2.75) is 33.6 Å². The summed E-state index contributed by atoms with van der Waals surface area (Å²) in [5, 5.41) is 32.8. The first-order chi connectivity index (χ1) is 16.3. The molecule has 1 fully saturated rings. The molecule has 1 N–H and O–H groups in total. The standard InChI is InChI=1S/C23H23N7O3S/c1-14-6-7-19(30(32)33)12-20(14)29-15(2)10-17(16(29)3)11-18(13-24)21(31)25-22-26-27-23(34-22)28-8-4-5-9-28/h6-7,10-12H,4-5,8-9H2,1-3H3,(H,25,26,31). The number of hydrogen-bond acceptors (Lipinski definition) is 8. The molecule has 10 nitrogen and oxygen atoms in total. The van der Waals surface area contributed by atoms with Crippen LogP contribution in [0.15, 0.2) is 29.8 Å². The van der Waals surface area contributed by atoms with Gasteiger partial charge in [-0.2, -0.15) is 5.26 Å². The molecule has 0 bridgehead atoms. The number of aromatic nitrogens is 3. The maximum absolute atomic E-state index is 12.8. The average Bonchev–Trinajstić information content (AvgIpc) is 3.54. The van der Waals surface area contributed by atoms with Crippen LogP contribution in [0.1, 0.15) is 35.4 Å². The summed E-state index contributed by atoms with van der Waals surface area (Å²) in [6, 6.07) is 8.49. The van der Waals surface area contributed by atoms with Gasteiger partial charge in [-0.05, 0) is 56.9 Å². The number of nitrogens with one attached hydrogen (secondary N) is 1. The summed E-state index contributed by atoms with van der Waals surface area (Å²) in [4.78, 5) is 25.7. The molecule has 1 saturated heterocycles. The van der Waals surface area contributed by atoms with Gasteiger partial charge >= 0.3 is 0 Å². The van der Waals surface area contributed by atoms with E-state index in [1.165, 1.54) is 29.5 Å². The molecule has 0 radical (unpaired) electrons. The Hall–Kier alpha value is -4.04. The SMILES string of the molecule is Cc1ccc([N+](=O)[O-])cc1-n1c(C)cc(C=C(C#N)C(=O)Nc2nnc(N3CCCC3)s2)c1C. The number of aryl methyl sites for hydroxylation is 2. The summed E-state index contributed by atoms with van der Waals surface area (Å²) < 4.78 is 1.88. The fourth-order valence-electron chi connectivity index (χ4n) is 4.03. The highest BCUT2D eigenvalue weighted by Crippen LogP contribution is 2.29. The quantitative estimate of drug-likeness (QED) is 0.242. The van der Waals surface area contributed by atoms with Crippen molar-refractivity contribution in [2.75, 3.05) is 23.3 Å². The van der Waals surface area contributed by atoms with E-state index in [2.05, 4.69) is 20.4 Å². The number of nitriles is 1. The van der Waals surface area contributed by atoms with Gasteiger partial charge in [0.1, 0.15) is 11.6 Å². The molecule has 1 aromatic carbocycles. The fourth-order valence-corrected chi connectivity index (χ4v) is 4.82. The number of nitro groups is 1. The number of anilines is 2. The summed E-state index contributed by atoms with van der Waals surface area (Å²) in [6.07, 6.45) is 3.73. The largest absolute Gasteiger partial charge is 0.347 e. The van der Waals surface area contributed by atoms with Crippen LogP contribution in [0.2, 0.25) is 0 Å². The first-order valence-corrected chi connectivity index (χ1v) is 11.6. The number of nitro benzene ring substituents is 1. The Labute approximate surface area is 200 Å². The van der Waals surface area contributed by atoms with Gasteiger partial charge in [0.15, 0.2) is 0 Å². The van der Waals surface area contributed by atoms with Gasteiger partial charge in [-0.3, -0.25) is 20.2 Å². The van der Waals surface area contributed by atoms with Crippen LogP contribution in [0.3, 0.4) is 0 Å². The number of benzene rings is 1. The Bertz CT molecular complexity index is 1340. The summed E-state index contributed by atoms with van der Waals surface area (Å²) in [5.41, 5.74) is 3.71. The number of nitrogens with zero attached hydrogens (tertiary/aromatic N) is 6. The van der Waals surface area contributed by atoms with Crippen LogP contribution < -0.4 is 10.2 Å². The summed E-state index contributed by atoms with van der Waals surface area (Å²) in [7, 11) is 0. The minimum Gasteiger partial charge on any atom is -0.347 e. The number of rotatable bonds is 6. The molecule has 34 heavy (non-hydrogen) atoms. The molecule has 3 heterocycles. The van der Waals surface area contributed by atoms with E-state index in [1.54, 1.807) is 6.07 Å². The topological polar surface area (TPSA) is 130 Å². The van der Waals surface area contributed by atoms with E-state index >= 15 is 0 Å². The van der Waals surface area contributed by atoms with Gasteiger partial charge in [0, 0.05) is 36.6 Å². The Balaban J connectivity index is 1.61. The van der Waals surface area contributed by atoms with Crippen LogP contribution in [0.25, 0.3) is 11.8 Å². The van der Waals surface area contributed by atoms with Crippen molar-refractivity contribution in [3.63, 3.8) is 0 Å².